The van der Waals surface area contributed by atoms with Crippen LogP contribution in [0.25, 0.3) is 0 Å². The molecule has 1 aliphatic carbocycles. The molecule has 0 spiro atoms. The molecule has 2 aromatic rings. The topological polar surface area (TPSA) is 29.9 Å². The third kappa shape index (κ3) is 2.75. The minimum atomic E-state index is 0.311. The Balaban J connectivity index is 1.99. The monoisotopic (exact) mass is 283 g/mol. The summed E-state index contributed by atoms with van der Waals surface area (Å²) in [6.07, 6.45) is 7.75. The van der Waals surface area contributed by atoms with Crippen molar-refractivity contribution in [3.63, 3.8) is 0 Å². The summed E-state index contributed by atoms with van der Waals surface area (Å²) in [5.74, 6) is 1.71. The second kappa shape index (κ2) is 6.44. The van der Waals surface area contributed by atoms with Gasteiger partial charge in [-0.25, -0.2) is 4.98 Å². The molecule has 0 saturated carbocycles. The lowest BCUT2D eigenvalue weighted by atomic mass is 9.78. The lowest BCUT2D eigenvalue weighted by molar-refractivity contribution is 0.383. The number of benzene rings is 1. The van der Waals surface area contributed by atoms with Gasteiger partial charge in [0, 0.05) is 24.9 Å². The number of fused-ring (bicyclic) bond motifs is 1. The van der Waals surface area contributed by atoms with Gasteiger partial charge in [0.1, 0.15) is 5.82 Å². The molecule has 1 heterocycles. The summed E-state index contributed by atoms with van der Waals surface area (Å²) >= 11 is 0. The van der Waals surface area contributed by atoms with Crippen LogP contribution in [-0.2, 0) is 13.0 Å². The van der Waals surface area contributed by atoms with Crippen LogP contribution in [0.15, 0.2) is 36.7 Å². The Morgan fingerprint density at radius 1 is 1.33 bits per heavy atom. The van der Waals surface area contributed by atoms with E-state index in [4.69, 9.17) is 0 Å². The zero-order valence-electron chi connectivity index (χ0n) is 13.0. The molecule has 0 fully saturated rings. The summed E-state index contributed by atoms with van der Waals surface area (Å²) in [5.41, 5.74) is 3.03. The van der Waals surface area contributed by atoms with Crippen LogP contribution < -0.4 is 5.32 Å². The smallest absolute Gasteiger partial charge is 0.126 e. The van der Waals surface area contributed by atoms with E-state index in [0.717, 1.165) is 13.1 Å². The van der Waals surface area contributed by atoms with Crippen LogP contribution in [-0.4, -0.2) is 16.1 Å². The standard InChI is InChI=1S/C18H25N3/c1-3-19-17(18-20-12-13-21(18)4-2)16-11-7-9-14-8-5-6-10-15(14)16/h5-6,8,10,12-13,16-17,19H,3-4,7,9,11H2,1-2H3. The van der Waals surface area contributed by atoms with E-state index in [1.807, 2.05) is 6.20 Å². The minimum Gasteiger partial charge on any atom is -0.334 e. The summed E-state index contributed by atoms with van der Waals surface area (Å²) in [6, 6.07) is 9.24. The van der Waals surface area contributed by atoms with Gasteiger partial charge in [0.15, 0.2) is 0 Å². The molecule has 0 aliphatic heterocycles. The first-order valence-corrected chi connectivity index (χ1v) is 8.17. The summed E-state index contributed by atoms with van der Waals surface area (Å²) < 4.78 is 2.27. The molecule has 0 bridgehead atoms. The molecule has 0 saturated heterocycles. The van der Waals surface area contributed by atoms with Crippen molar-refractivity contribution >= 4 is 0 Å². The van der Waals surface area contributed by atoms with Crippen molar-refractivity contribution in [2.24, 2.45) is 0 Å². The van der Waals surface area contributed by atoms with Gasteiger partial charge in [-0.1, -0.05) is 31.2 Å². The zero-order valence-corrected chi connectivity index (χ0v) is 13.0. The Bertz CT molecular complexity index is 588. The molecule has 2 atom stereocenters. The number of aromatic nitrogens is 2. The molecule has 1 N–H and O–H groups in total. The van der Waals surface area contributed by atoms with Crippen molar-refractivity contribution < 1.29 is 0 Å². The highest BCUT2D eigenvalue weighted by molar-refractivity contribution is 5.34. The second-order valence-electron chi connectivity index (χ2n) is 5.80. The van der Waals surface area contributed by atoms with E-state index < -0.39 is 0 Å². The number of hydrogen-bond donors (Lipinski definition) is 1. The van der Waals surface area contributed by atoms with Crippen molar-refractivity contribution in [3.05, 3.63) is 53.6 Å². The number of likely N-dealkylation sites (N-methyl/N-ethyl adjacent to an activating group) is 1. The summed E-state index contributed by atoms with van der Waals surface area (Å²) in [6.45, 7) is 6.31. The van der Waals surface area contributed by atoms with Crippen LogP contribution in [0, 0.1) is 0 Å². The van der Waals surface area contributed by atoms with Crippen molar-refractivity contribution in [3.8, 4) is 0 Å². The maximum Gasteiger partial charge on any atom is 0.126 e. The minimum absolute atomic E-state index is 0.311. The van der Waals surface area contributed by atoms with Gasteiger partial charge in [-0.15, -0.1) is 0 Å². The molecule has 0 radical (unpaired) electrons. The second-order valence-corrected chi connectivity index (χ2v) is 5.80. The SMILES string of the molecule is CCNC(c1nccn1CC)C1CCCc2ccccc21. The Hall–Kier alpha value is -1.61. The van der Waals surface area contributed by atoms with Crippen LogP contribution in [0.3, 0.4) is 0 Å². The van der Waals surface area contributed by atoms with Gasteiger partial charge in [-0.2, -0.15) is 0 Å². The molecule has 112 valence electrons. The van der Waals surface area contributed by atoms with Crippen molar-refractivity contribution in [2.75, 3.05) is 6.54 Å². The Morgan fingerprint density at radius 2 is 2.19 bits per heavy atom. The molecular weight excluding hydrogens is 258 g/mol. The predicted molar refractivity (Wildman–Crippen MR) is 86.4 cm³/mol. The van der Waals surface area contributed by atoms with E-state index >= 15 is 0 Å². The molecule has 0 amide bonds. The lowest BCUT2D eigenvalue weighted by Crippen LogP contribution is -2.31. The lowest BCUT2D eigenvalue weighted by Gasteiger charge is -2.32. The first-order valence-electron chi connectivity index (χ1n) is 8.17. The van der Waals surface area contributed by atoms with Gasteiger partial charge in [0.05, 0.1) is 6.04 Å². The van der Waals surface area contributed by atoms with E-state index in [9.17, 15) is 0 Å². The summed E-state index contributed by atoms with van der Waals surface area (Å²) in [7, 11) is 0. The summed E-state index contributed by atoms with van der Waals surface area (Å²) in [4.78, 5) is 4.65. The first kappa shape index (κ1) is 14.3. The number of rotatable bonds is 5. The van der Waals surface area contributed by atoms with Crippen LogP contribution >= 0.6 is 0 Å². The number of nitrogens with zero attached hydrogens (tertiary/aromatic N) is 2. The number of aryl methyl sites for hydroxylation is 2. The average molecular weight is 283 g/mol. The fourth-order valence-electron chi connectivity index (χ4n) is 3.64. The summed E-state index contributed by atoms with van der Waals surface area (Å²) in [5, 5.41) is 3.69. The highest BCUT2D eigenvalue weighted by Crippen LogP contribution is 2.39. The van der Waals surface area contributed by atoms with Crippen molar-refractivity contribution in [2.45, 2.75) is 51.6 Å². The Kier molecular flexibility index (Phi) is 4.39. The quantitative estimate of drug-likeness (QED) is 0.907. The van der Waals surface area contributed by atoms with Crippen LogP contribution in [0.2, 0.25) is 0 Å². The average Bonchev–Trinajstić information content (AvgIpc) is 3.00. The maximum absolute atomic E-state index is 4.65. The number of hydrogen-bond acceptors (Lipinski definition) is 2. The number of nitrogens with one attached hydrogen (secondary N) is 1. The molecular formula is C18H25N3. The fourth-order valence-corrected chi connectivity index (χ4v) is 3.64. The third-order valence-corrected chi connectivity index (χ3v) is 4.61. The molecule has 1 aliphatic rings. The fraction of sp³-hybridized carbons (Fsp3) is 0.500. The van der Waals surface area contributed by atoms with Gasteiger partial charge in [0.2, 0.25) is 0 Å². The zero-order chi connectivity index (χ0) is 14.7. The van der Waals surface area contributed by atoms with E-state index in [1.165, 1.54) is 36.2 Å². The normalized spacial score (nSPS) is 19.2. The van der Waals surface area contributed by atoms with Gasteiger partial charge in [0.25, 0.3) is 0 Å². The van der Waals surface area contributed by atoms with Gasteiger partial charge >= 0.3 is 0 Å². The van der Waals surface area contributed by atoms with Crippen molar-refractivity contribution in [1.29, 1.82) is 0 Å². The molecule has 3 heteroatoms. The molecule has 1 aromatic heterocycles. The molecule has 3 rings (SSSR count). The van der Waals surface area contributed by atoms with Crippen molar-refractivity contribution in [1.82, 2.24) is 14.9 Å². The molecule has 21 heavy (non-hydrogen) atoms. The van der Waals surface area contributed by atoms with Gasteiger partial charge < -0.3 is 9.88 Å². The van der Waals surface area contributed by atoms with Crippen LogP contribution in [0.4, 0.5) is 0 Å². The van der Waals surface area contributed by atoms with Gasteiger partial charge in [-0.05, 0) is 43.9 Å². The molecule has 2 unspecified atom stereocenters. The Morgan fingerprint density at radius 3 is 3.00 bits per heavy atom. The van der Waals surface area contributed by atoms with E-state index in [-0.39, 0.29) is 0 Å². The molecule has 1 aromatic carbocycles. The van der Waals surface area contributed by atoms with Crippen LogP contribution in [0.5, 0.6) is 0 Å². The van der Waals surface area contributed by atoms with E-state index in [1.54, 1.807) is 0 Å². The Labute approximate surface area is 127 Å². The highest BCUT2D eigenvalue weighted by Gasteiger charge is 2.30. The largest absolute Gasteiger partial charge is 0.334 e. The van der Waals surface area contributed by atoms with Gasteiger partial charge in [-0.3, -0.25) is 0 Å². The molecule has 3 nitrogen and oxygen atoms in total. The highest BCUT2D eigenvalue weighted by atomic mass is 15.1. The van der Waals surface area contributed by atoms with E-state index in [2.05, 4.69) is 59.2 Å². The predicted octanol–water partition coefficient (Wildman–Crippen LogP) is 3.67. The maximum atomic E-state index is 4.65. The third-order valence-electron chi connectivity index (χ3n) is 4.61. The first-order chi connectivity index (χ1) is 10.3. The van der Waals surface area contributed by atoms with Crippen LogP contribution in [0.1, 0.15) is 55.6 Å². The number of imidazole rings is 1. The van der Waals surface area contributed by atoms with E-state index in [0.29, 0.717) is 12.0 Å².